The number of anilines is 2. The van der Waals surface area contributed by atoms with Crippen LogP contribution in [0, 0.1) is 11.6 Å². The number of halogens is 6. The van der Waals surface area contributed by atoms with Gasteiger partial charge in [-0.2, -0.15) is 8.61 Å². The number of thiazole rings is 2. The summed E-state index contributed by atoms with van der Waals surface area (Å²) in [6.07, 6.45) is 0. The third-order valence-electron chi connectivity index (χ3n) is 9.19. The highest BCUT2D eigenvalue weighted by molar-refractivity contribution is 9.10. The number of hydrogen-bond donors (Lipinski definition) is 0. The molecule has 2 aliphatic heterocycles. The Balaban J connectivity index is 0.000000177. The van der Waals surface area contributed by atoms with Gasteiger partial charge in [0.1, 0.15) is 11.6 Å². The average molecular weight is 1030 g/mol. The molecular formula is C38H32Br2Cl2F2N6O4S4. The van der Waals surface area contributed by atoms with E-state index in [4.69, 9.17) is 28.2 Å². The van der Waals surface area contributed by atoms with Gasteiger partial charge in [0.2, 0.25) is 20.0 Å². The molecule has 6 aromatic rings. The van der Waals surface area contributed by atoms with Crippen LogP contribution in [0.15, 0.2) is 114 Å². The second kappa shape index (κ2) is 18.3. The molecule has 4 heterocycles. The zero-order valence-electron chi connectivity index (χ0n) is 30.1. The summed E-state index contributed by atoms with van der Waals surface area (Å²) in [5.41, 5.74) is 2.54. The number of nitrogens with zero attached hydrogens (tertiary/aromatic N) is 6. The van der Waals surface area contributed by atoms with Crippen molar-refractivity contribution in [1.82, 2.24) is 18.6 Å². The van der Waals surface area contributed by atoms with Gasteiger partial charge < -0.3 is 9.80 Å². The highest BCUT2D eigenvalue weighted by Gasteiger charge is 2.31. The Morgan fingerprint density at radius 1 is 0.552 bits per heavy atom. The van der Waals surface area contributed by atoms with Crippen molar-refractivity contribution >= 4 is 108 Å². The van der Waals surface area contributed by atoms with Crippen molar-refractivity contribution in [3.8, 4) is 22.5 Å². The van der Waals surface area contributed by atoms with Crippen LogP contribution in [0.4, 0.5) is 19.0 Å². The fraction of sp³-hybridized carbons (Fsp3) is 0.211. The van der Waals surface area contributed by atoms with Crippen molar-refractivity contribution in [2.24, 2.45) is 0 Å². The normalized spacial score (nSPS) is 15.6. The van der Waals surface area contributed by atoms with Gasteiger partial charge in [-0.15, -0.1) is 22.7 Å². The maximum Gasteiger partial charge on any atom is 0.243 e. The minimum atomic E-state index is -3.56. The first-order chi connectivity index (χ1) is 27.6. The second-order valence-corrected chi connectivity index (χ2v) is 21.3. The minimum absolute atomic E-state index is 0.255. The van der Waals surface area contributed by atoms with Crippen LogP contribution in [-0.2, 0) is 20.0 Å². The summed E-state index contributed by atoms with van der Waals surface area (Å²) in [5.74, 6) is -1.30. The molecule has 2 saturated heterocycles. The molecule has 10 nitrogen and oxygen atoms in total. The first-order valence-corrected chi connectivity index (χ1v) is 24.5. The Morgan fingerprint density at radius 2 is 0.948 bits per heavy atom. The molecule has 2 aromatic heterocycles. The molecule has 2 aliphatic rings. The predicted molar refractivity (Wildman–Crippen MR) is 235 cm³/mol. The predicted octanol–water partition coefficient (Wildman–Crippen LogP) is 9.75. The molecule has 0 spiro atoms. The van der Waals surface area contributed by atoms with Gasteiger partial charge in [0.15, 0.2) is 10.3 Å². The van der Waals surface area contributed by atoms with Crippen LogP contribution >= 0.6 is 77.7 Å². The second-order valence-electron chi connectivity index (χ2n) is 13.0. The third-order valence-corrected chi connectivity index (χ3v) is 16.2. The molecule has 0 N–H and O–H groups in total. The maximum absolute atomic E-state index is 13.5. The van der Waals surface area contributed by atoms with E-state index in [2.05, 4.69) is 41.7 Å². The van der Waals surface area contributed by atoms with E-state index < -0.39 is 31.7 Å². The van der Waals surface area contributed by atoms with Crippen LogP contribution in [0.1, 0.15) is 0 Å². The highest BCUT2D eigenvalue weighted by Crippen LogP contribution is 2.33. The SMILES string of the molecule is O=S(=O)(c1cccc(Br)c1)N1CCN(c2nc(-c3cc(Cl)cc(Cl)c3)cs2)CC1.O=S(=O)(c1cccc(Br)c1)N1CCN(c2nc(-c3cc(F)cc(F)c3)cs2)CC1. The molecule has 0 bridgehead atoms. The Kier molecular flexibility index (Phi) is 13.6. The zero-order valence-corrected chi connectivity index (χ0v) is 38.1. The van der Waals surface area contributed by atoms with Crippen LogP contribution in [0.2, 0.25) is 10.0 Å². The van der Waals surface area contributed by atoms with E-state index in [0.717, 1.165) is 26.9 Å². The van der Waals surface area contributed by atoms with Crippen LogP contribution in [0.25, 0.3) is 22.5 Å². The summed E-state index contributed by atoms with van der Waals surface area (Å²) in [7, 11) is -7.07. The van der Waals surface area contributed by atoms with Crippen LogP contribution in [0.3, 0.4) is 0 Å². The smallest absolute Gasteiger partial charge is 0.243 e. The third kappa shape index (κ3) is 10.1. The van der Waals surface area contributed by atoms with Gasteiger partial charge in [-0.1, -0.05) is 67.2 Å². The molecule has 20 heteroatoms. The minimum Gasteiger partial charge on any atom is -0.345 e. The van der Waals surface area contributed by atoms with E-state index in [9.17, 15) is 25.6 Å². The van der Waals surface area contributed by atoms with Gasteiger partial charge in [-0.25, -0.2) is 35.6 Å². The summed E-state index contributed by atoms with van der Waals surface area (Å²) in [5, 5.41) is 6.39. The zero-order chi connectivity index (χ0) is 41.2. The van der Waals surface area contributed by atoms with E-state index in [-0.39, 0.29) is 4.90 Å². The molecule has 0 atom stereocenters. The number of hydrogen-bond acceptors (Lipinski definition) is 10. The Morgan fingerprint density at radius 3 is 1.34 bits per heavy atom. The van der Waals surface area contributed by atoms with Crippen molar-refractivity contribution < 1.29 is 25.6 Å². The summed E-state index contributed by atoms with van der Waals surface area (Å²) >= 11 is 21.7. The quantitative estimate of drug-likeness (QED) is 0.149. The van der Waals surface area contributed by atoms with Crippen molar-refractivity contribution in [1.29, 1.82) is 0 Å². The Labute approximate surface area is 370 Å². The molecule has 58 heavy (non-hydrogen) atoms. The summed E-state index contributed by atoms with van der Waals surface area (Å²) in [4.78, 5) is 13.8. The highest BCUT2D eigenvalue weighted by atomic mass is 79.9. The molecule has 0 amide bonds. The van der Waals surface area contributed by atoms with E-state index in [0.29, 0.717) is 88.2 Å². The summed E-state index contributed by atoms with van der Waals surface area (Å²) in [6.45, 7) is 3.61. The first-order valence-electron chi connectivity index (χ1n) is 17.5. The first kappa shape index (κ1) is 43.1. The lowest BCUT2D eigenvalue weighted by molar-refractivity contribution is 0.384. The lowest BCUT2D eigenvalue weighted by Crippen LogP contribution is -2.48. The van der Waals surface area contributed by atoms with E-state index in [1.807, 2.05) is 28.5 Å². The summed E-state index contributed by atoms with van der Waals surface area (Å²) < 4.78 is 82.8. The fourth-order valence-corrected chi connectivity index (χ4v) is 12.6. The van der Waals surface area contributed by atoms with Crippen molar-refractivity contribution in [2.75, 3.05) is 62.2 Å². The molecule has 8 rings (SSSR count). The van der Waals surface area contributed by atoms with Gasteiger partial charge in [-0.3, -0.25) is 0 Å². The Hall–Kier alpha value is -3.04. The fourth-order valence-electron chi connectivity index (χ4n) is 6.28. The van der Waals surface area contributed by atoms with Gasteiger partial charge in [0.25, 0.3) is 0 Å². The lowest BCUT2D eigenvalue weighted by atomic mass is 10.1. The van der Waals surface area contributed by atoms with Crippen LogP contribution in [0.5, 0.6) is 0 Å². The standard InChI is InChI=1S/C19H16BrCl2N3O2S2.C19H16BrF2N3O2S2/c2*20-14-2-1-3-17(10-14)29(26,27)25-6-4-24(5-7-25)19-23-18(12-28-19)13-8-15(21)11-16(22)9-13/h2*1-3,8-12H,4-7H2. The largest absolute Gasteiger partial charge is 0.345 e. The van der Waals surface area contributed by atoms with E-state index in [1.54, 1.807) is 53.9 Å². The monoisotopic (exact) mass is 1030 g/mol. The van der Waals surface area contributed by atoms with Gasteiger partial charge in [0.05, 0.1) is 21.2 Å². The molecule has 0 aliphatic carbocycles. The number of sulfonamides is 2. The maximum atomic E-state index is 13.5. The van der Waals surface area contributed by atoms with Crippen LogP contribution < -0.4 is 9.80 Å². The van der Waals surface area contributed by atoms with Gasteiger partial charge in [-0.05, 0) is 66.7 Å². The molecule has 0 saturated carbocycles. The number of aromatic nitrogens is 2. The van der Waals surface area contributed by atoms with Gasteiger partial charge in [0, 0.05) is 99.3 Å². The molecule has 0 unspecified atom stereocenters. The van der Waals surface area contributed by atoms with Crippen molar-refractivity contribution in [3.63, 3.8) is 0 Å². The van der Waals surface area contributed by atoms with E-state index >= 15 is 0 Å². The van der Waals surface area contributed by atoms with E-state index in [1.165, 1.54) is 43.4 Å². The molecule has 2 fully saturated rings. The topological polar surface area (TPSA) is 107 Å². The summed E-state index contributed by atoms with van der Waals surface area (Å²) in [6, 6.07) is 22.1. The van der Waals surface area contributed by atoms with Crippen molar-refractivity contribution in [3.05, 3.63) is 126 Å². The number of benzene rings is 4. The average Bonchev–Trinajstić information content (AvgIpc) is 3.90. The molecule has 4 aromatic carbocycles. The number of piperazine rings is 2. The number of rotatable bonds is 8. The van der Waals surface area contributed by atoms with Crippen molar-refractivity contribution in [2.45, 2.75) is 9.79 Å². The van der Waals surface area contributed by atoms with Crippen LogP contribution in [-0.4, -0.2) is 87.8 Å². The molecular weight excluding hydrogens is 1000 g/mol. The Bertz CT molecular complexity index is 2440. The molecule has 0 radical (unpaired) electrons. The molecule has 304 valence electrons. The van der Waals surface area contributed by atoms with Gasteiger partial charge >= 0.3 is 0 Å². The lowest BCUT2D eigenvalue weighted by Gasteiger charge is -2.33.